The number of thioether (sulfide) groups is 1. The van der Waals surface area contributed by atoms with Gasteiger partial charge in [0.1, 0.15) is 0 Å². The van der Waals surface area contributed by atoms with Gasteiger partial charge in [-0.15, -0.1) is 0 Å². The van der Waals surface area contributed by atoms with Gasteiger partial charge in [-0.2, -0.15) is 11.8 Å². The molecule has 0 N–H and O–H groups in total. The van der Waals surface area contributed by atoms with Gasteiger partial charge in [-0.3, -0.25) is 0 Å². The van der Waals surface area contributed by atoms with Crippen molar-refractivity contribution in [1.29, 1.82) is 0 Å². The molecule has 2 heterocycles. The lowest BCUT2D eigenvalue weighted by atomic mass is 10.2. The highest BCUT2D eigenvalue weighted by Gasteiger charge is 2.17. The van der Waals surface area contributed by atoms with Crippen LogP contribution in [0.2, 0.25) is 0 Å². The number of rotatable bonds is 5. The first-order valence-corrected chi connectivity index (χ1v) is 7.96. The van der Waals surface area contributed by atoms with Crippen LogP contribution in [-0.4, -0.2) is 55.0 Å². The van der Waals surface area contributed by atoms with Gasteiger partial charge in [0.05, 0.1) is 6.61 Å². The summed E-state index contributed by atoms with van der Waals surface area (Å²) in [6.45, 7) is 7.72. The molecular formula is C13H25NO2S. The average Bonchev–Trinajstić information content (AvgIpc) is 2.36. The van der Waals surface area contributed by atoms with Gasteiger partial charge in [0, 0.05) is 37.2 Å². The van der Waals surface area contributed by atoms with Crippen LogP contribution in [-0.2, 0) is 9.47 Å². The number of ether oxygens (including phenoxy) is 2. The molecular weight excluding hydrogens is 234 g/mol. The van der Waals surface area contributed by atoms with Crippen LogP contribution in [0.4, 0.5) is 0 Å². The Hall–Kier alpha value is 0.230. The molecule has 2 aliphatic heterocycles. The van der Waals surface area contributed by atoms with E-state index in [9.17, 15) is 0 Å². The van der Waals surface area contributed by atoms with Gasteiger partial charge in [-0.1, -0.05) is 6.92 Å². The minimum Gasteiger partial charge on any atom is -0.353 e. The molecule has 0 amide bonds. The molecule has 4 heteroatoms. The van der Waals surface area contributed by atoms with Crippen molar-refractivity contribution in [2.45, 2.75) is 44.1 Å². The molecule has 2 atom stereocenters. The van der Waals surface area contributed by atoms with E-state index in [2.05, 4.69) is 23.6 Å². The van der Waals surface area contributed by atoms with Gasteiger partial charge < -0.3 is 14.4 Å². The van der Waals surface area contributed by atoms with Crippen molar-refractivity contribution in [3.8, 4) is 0 Å². The van der Waals surface area contributed by atoms with E-state index >= 15 is 0 Å². The summed E-state index contributed by atoms with van der Waals surface area (Å²) in [5.41, 5.74) is 0. The highest BCUT2D eigenvalue weighted by molar-refractivity contribution is 7.99. The molecule has 0 bridgehead atoms. The maximum atomic E-state index is 5.75. The Labute approximate surface area is 109 Å². The Morgan fingerprint density at radius 1 is 1.41 bits per heavy atom. The van der Waals surface area contributed by atoms with Crippen LogP contribution in [0.15, 0.2) is 0 Å². The van der Waals surface area contributed by atoms with Crippen LogP contribution in [0.25, 0.3) is 0 Å². The molecule has 3 nitrogen and oxygen atoms in total. The van der Waals surface area contributed by atoms with E-state index in [4.69, 9.17) is 9.47 Å². The summed E-state index contributed by atoms with van der Waals surface area (Å²) in [7, 11) is 0. The fraction of sp³-hybridized carbons (Fsp3) is 1.00. The van der Waals surface area contributed by atoms with Crippen molar-refractivity contribution in [3.05, 3.63) is 0 Å². The third kappa shape index (κ3) is 5.16. The molecule has 0 aromatic carbocycles. The molecule has 17 heavy (non-hydrogen) atoms. The van der Waals surface area contributed by atoms with Crippen LogP contribution >= 0.6 is 11.8 Å². The lowest BCUT2D eigenvalue weighted by molar-refractivity contribution is -0.163. The number of hydrogen-bond acceptors (Lipinski definition) is 4. The maximum absolute atomic E-state index is 5.75. The van der Waals surface area contributed by atoms with Crippen molar-refractivity contribution in [1.82, 2.24) is 4.90 Å². The van der Waals surface area contributed by atoms with Crippen molar-refractivity contribution in [3.63, 3.8) is 0 Å². The standard InChI is InChI=1S/C13H25NO2S/c1-12-11-14(7-10-17-12)6-4-9-16-13-5-2-3-8-15-13/h12-13H,2-11H2,1H3. The first-order chi connectivity index (χ1) is 8.34. The van der Waals surface area contributed by atoms with Crippen molar-refractivity contribution >= 4 is 11.8 Å². The Balaban J connectivity index is 1.50. The minimum absolute atomic E-state index is 0.0829. The number of nitrogens with zero attached hydrogens (tertiary/aromatic N) is 1. The molecule has 2 rings (SSSR count). The summed E-state index contributed by atoms with van der Waals surface area (Å²) in [5.74, 6) is 1.29. The second-order valence-corrected chi connectivity index (χ2v) is 6.55. The molecule has 100 valence electrons. The average molecular weight is 259 g/mol. The highest BCUT2D eigenvalue weighted by atomic mass is 32.2. The fourth-order valence-corrected chi connectivity index (χ4v) is 3.52. The maximum Gasteiger partial charge on any atom is 0.157 e. The summed E-state index contributed by atoms with van der Waals surface area (Å²) in [5, 5.41) is 0.798. The zero-order valence-electron chi connectivity index (χ0n) is 10.9. The first kappa shape index (κ1) is 13.7. The molecule has 0 spiro atoms. The third-order valence-electron chi connectivity index (χ3n) is 3.39. The molecule has 0 aromatic heterocycles. The second kappa shape index (κ2) is 7.62. The zero-order valence-corrected chi connectivity index (χ0v) is 11.7. The van der Waals surface area contributed by atoms with Crippen LogP contribution in [0.3, 0.4) is 0 Å². The molecule has 2 unspecified atom stereocenters. The molecule has 2 saturated heterocycles. The van der Waals surface area contributed by atoms with Gasteiger partial charge in [0.15, 0.2) is 6.29 Å². The SMILES string of the molecule is CC1CN(CCCOC2CCCCO2)CCS1. The minimum atomic E-state index is 0.0829. The molecule has 0 aliphatic carbocycles. The van der Waals surface area contributed by atoms with Crippen LogP contribution in [0.5, 0.6) is 0 Å². The normalized spacial score (nSPS) is 31.6. The molecule has 2 aliphatic rings. The predicted octanol–water partition coefficient (Wildman–Crippen LogP) is 2.36. The van der Waals surface area contributed by atoms with Gasteiger partial charge in [-0.05, 0) is 25.7 Å². The van der Waals surface area contributed by atoms with Gasteiger partial charge in [0.25, 0.3) is 0 Å². The van der Waals surface area contributed by atoms with E-state index in [1.54, 1.807) is 0 Å². The second-order valence-electron chi connectivity index (χ2n) is 5.00. The summed E-state index contributed by atoms with van der Waals surface area (Å²) in [4.78, 5) is 2.56. The summed E-state index contributed by atoms with van der Waals surface area (Å²) in [6, 6.07) is 0. The van der Waals surface area contributed by atoms with Crippen molar-refractivity contribution in [2.75, 3.05) is 38.6 Å². The predicted molar refractivity (Wildman–Crippen MR) is 72.5 cm³/mol. The van der Waals surface area contributed by atoms with E-state index in [-0.39, 0.29) is 6.29 Å². The zero-order chi connectivity index (χ0) is 11.9. The van der Waals surface area contributed by atoms with E-state index in [0.29, 0.717) is 0 Å². The van der Waals surface area contributed by atoms with E-state index < -0.39 is 0 Å². The summed E-state index contributed by atoms with van der Waals surface area (Å²) >= 11 is 2.09. The van der Waals surface area contributed by atoms with Crippen LogP contribution < -0.4 is 0 Å². The fourth-order valence-electron chi connectivity index (χ4n) is 2.44. The monoisotopic (exact) mass is 259 g/mol. The Bertz CT molecular complexity index is 210. The quantitative estimate of drug-likeness (QED) is 0.707. The Morgan fingerprint density at radius 3 is 3.12 bits per heavy atom. The highest BCUT2D eigenvalue weighted by Crippen LogP contribution is 2.18. The smallest absolute Gasteiger partial charge is 0.157 e. The van der Waals surface area contributed by atoms with Gasteiger partial charge in [-0.25, -0.2) is 0 Å². The van der Waals surface area contributed by atoms with Crippen molar-refractivity contribution in [2.24, 2.45) is 0 Å². The summed E-state index contributed by atoms with van der Waals surface area (Å²) in [6.07, 6.45) is 4.75. The third-order valence-corrected chi connectivity index (χ3v) is 4.52. The van der Waals surface area contributed by atoms with Crippen molar-refractivity contribution < 1.29 is 9.47 Å². The molecule has 0 saturated carbocycles. The van der Waals surface area contributed by atoms with Crippen LogP contribution in [0, 0.1) is 0 Å². The number of hydrogen-bond donors (Lipinski definition) is 0. The summed E-state index contributed by atoms with van der Waals surface area (Å²) < 4.78 is 11.3. The Morgan fingerprint density at radius 2 is 2.35 bits per heavy atom. The topological polar surface area (TPSA) is 21.7 Å². The Kier molecular flexibility index (Phi) is 6.12. The lowest BCUT2D eigenvalue weighted by Crippen LogP contribution is -2.37. The van der Waals surface area contributed by atoms with E-state index in [1.165, 1.54) is 38.2 Å². The first-order valence-electron chi connectivity index (χ1n) is 6.92. The molecule has 0 radical (unpaired) electrons. The van der Waals surface area contributed by atoms with Gasteiger partial charge in [0.2, 0.25) is 0 Å². The molecule has 0 aromatic rings. The largest absolute Gasteiger partial charge is 0.353 e. The lowest BCUT2D eigenvalue weighted by Gasteiger charge is -2.30. The van der Waals surface area contributed by atoms with Crippen LogP contribution in [0.1, 0.15) is 32.6 Å². The van der Waals surface area contributed by atoms with Gasteiger partial charge >= 0.3 is 0 Å². The van der Waals surface area contributed by atoms with E-state index in [1.807, 2.05) is 0 Å². The van der Waals surface area contributed by atoms with E-state index in [0.717, 1.165) is 31.3 Å². The molecule has 2 fully saturated rings.